The van der Waals surface area contributed by atoms with E-state index in [1.165, 1.54) is 0 Å². The average molecular weight is 549 g/mol. The lowest BCUT2D eigenvalue weighted by atomic mass is 9.94. The molecule has 0 amide bonds. The van der Waals surface area contributed by atoms with Gasteiger partial charge in [0.2, 0.25) is 0 Å². The van der Waals surface area contributed by atoms with Crippen LogP contribution < -0.4 is 0 Å². The third-order valence-corrected chi connectivity index (χ3v) is 7.25. The Morgan fingerprint density at radius 3 is 1.77 bits per heavy atom. The molecule has 5 rings (SSSR count). The maximum absolute atomic E-state index is 12.7. The molecular weight excluding hydrogens is 512 g/mol. The molecule has 0 aliphatic carbocycles. The summed E-state index contributed by atoms with van der Waals surface area (Å²) in [7, 11) is 0. The summed E-state index contributed by atoms with van der Waals surface area (Å²) in [6.45, 7) is 3.12. The Hall–Kier alpha value is -3.18. The van der Waals surface area contributed by atoms with E-state index in [0.29, 0.717) is 32.9 Å². The van der Waals surface area contributed by atoms with Crippen LogP contribution >= 0.6 is 0 Å². The van der Waals surface area contributed by atoms with Gasteiger partial charge in [0, 0.05) is 18.0 Å². The third kappa shape index (κ3) is 7.51. The largest absolute Gasteiger partial charge is 0.379 e. The Morgan fingerprint density at radius 2 is 1.25 bits per heavy atom. The fourth-order valence-electron chi connectivity index (χ4n) is 5.19. The molecule has 3 aromatic rings. The second-order valence-corrected chi connectivity index (χ2v) is 10.0. The van der Waals surface area contributed by atoms with Gasteiger partial charge in [-0.2, -0.15) is 0 Å². The summed E-state index contributed by atoms with van der Waals surface area (Å²) in [5, 5.41) is 12.7. The summed E-state index contributed by atoms with van der Waals surface area (Å²) in [5.41, 5.74) is 2.92. The summed E-state index contributed by atoms with van der Waals surface area (Å²) < 4.78 is 31.0. The van der Waals surface area contributed by atoms with Crippen LogP contribution in [0.2, 0.25) is 0 Å². The Bertz CT molecular complexity index is 1160. The summed E-state index contributed by atoms with van der Waals surface area (Å²) in [6, 6.07) is 28.1. The first-order valence-corrected chi connectivity index (χ1v) is 13.7. The first-order valence-electron chi connectivity index (χ1n) is 13.7. The van der Waals surface area contributed by atoms with Crippen LogP contribution in [-0.4, -0.2) is 73.3 Å². The van der Waals surface area contributed by atoms with Crippen LogP contribution in [0.15, 0.2) is 91.0 Å². The van der Waals surface area contributed by atoms with E-state index in [1.54, 1.807) is 0 Å². The molecule has 2 fully saturated rings. The summed E-state index contributed by atoms with van der Waals surface area (Å²) in [4.78, 5) is 14.4. The van der Waals surface area contributed by atoms with Crippen LogP contribution in [0.5, 0.6) is 0 Å². The van der Waals surface area contributed by atoms with Gasteiger partial charge < -0.3 is 23.7 Å². The first-order chi connectivity index (χ1) is 19.7. The highest BCUT2D eigenvalue weighted by atomic mass is 16.7. The van der Waals surface area contributed by atoms with E-state index < -0.39 is 30.6 Å². The summed E-state index contributed by atoms with van der Waals surface area (Å²) in [6.07, 6.45) is -2.99. The van der Waals surface area contributed by atoms with Crippen molar-refractivity contribution in [3.8, 4) is 0 Å². The molecule has 9 nitrogen and oxygen atoms in total. The molecule has 2 saturated heterocycles. The standard InChI is InChI=1S/C31H36N2O7/c34-33(35)28-30(39-22-26-14-8-3-9-15-26)29(38-21-25-12-6-2-7-13-25)27(23-37-20-24-10-4-1-5-11-24)40-31(28)32-16-18-36-19-17-32/h1-15,27-31H,16-23H2/t27-,28-,29-,30-,31-/m1/s1. The van der Waals surface area contributed by atoms with Crippen molar-refractivity contribution in [3.05, 3.63) is 118 Å². The van der Waals surface area contributed by atoms with Gasteiger partial charge in [0.15, 0.2) is 12.3 Å². The van der Waals surface area contributed by atoms with Gasteiger partial charge in [0.1, 0.15) is 12.2 Å². The van der Waals surface area contributed by atoms with Crippen LogP contribution in [-0.2, 0) is 43.5 Å². The van der Waals surface area contributed by atoms with Gasteiger partial charge in [0.25, 0.3) is 6.04 Å². The molecule has 3 aromatic carbocycles. The van der Waals surface area contributed by atoms with Crippen molar-refractivity contribution in [2.45, 2.75) is 50.4 Å². The Morgan fingerprint density at radius 1 is 0.750 bits per heavy atom. The predicted octanol–water partition coefficient (Wildman–Crippen LogP) is 4.08. The zero-order valence-electron chi connectivity index (χ0n) is 22.5. The van der Waals surface area contributed by atoms with E-state index in [4.69, 9.17) is 23.7 Å². The highest BCUT2D eigenvalue weighted by molar-refractivity contribution is 5.15. The van der Waals surface area contributed by atoms with E-state index in [0.717, 1.165) is 16.7 Å². The van der Waals surface area contributed by atoms with Crippen molar-refractivity contribution in [1.29, 1.82) is 0 Å². The third-order valence-electron chi connectivity index (χ3n) is 7.25. The van der Waals surface area contributed by atoms with Gasteiger partial charge in [-0.3, -0.25) is 15.0 Å². The van der Waals surface area contributed by atoms with Crippen molar-refractivity contribution in [2.75, 3.05) is 32.9 Å². The van der Waals surface area contributed by atoms with Crippen LogP contribution in [0.3, 0.4) is 0 Å². The number of rotatable bonds is 12. The van der Waals surface area contributed by atoms with Crippen LogP contribution in [0.4, 0.5) is 0 Å². The lowest BCUT2D eigenvalue weighted by molar-refractivity contribution is -0.569. The van der Waals surface area contributed by atoms with Gasteiger partial charge in [-0.15, -0.1) is 0 Å². The number of ether oxygens (including phenoxy) is 5. The Balaban J connectivity index is 1.42. The lowest BCUT2D eigenvalue weighted by Crippen LogP contribution is -2.67. The number of hydrogen-bond acceptors (Lipinski definition) is 8. The molecule has 0 bridgehead atoms. The fourth-order valence-corrected chi connectivity index (χ4v) is 5.19. The molecule has 40 heavy (non-hydrogen) atoms. The van der Waals surface area contributed by atoms with E-state index in [1.807, 2.05) is 95.9 Å². The first kappa shape index (κ1) is 28.4. The number of hydrogen-bond donors (Lipinski definition) is 0. The van der Waals surface area contributed by atoms with Crippen molar-refractivity contribution in [2.24, 2.45) is 0 Å². The zero-order valence-corrected chi connectivity index (χ0v) is 22.5. The van der Waals surface area contributed by atoms with E-state index >= 15 is 0 Å². The molecule has 9 heteroatoms. The van der Waals surface area contributed by atoms with Crippen LogP contribution in [0.1, 0.15) is 16.7 Å². The van der Waals surface area contributed by atoms with E-state index in [2.05, 4.69) is 0 Å². The van der Waals surface area contributed by atoms with Crippen molar-refractivity contribution < 1.29 is 28.6 Å². The molecule has 5 atom stereocenters. The fraction of sp³-hybridized carbons (Fsp3) is 0.419. The van der Waals surface area contributed by atoms with Gasteiger partial charge in [0.05, 0.1) is 39.6 Å². The minimum absolute atomic E-state index is 0.199. The minimum atomic E-state index is -1.16. The van der Waals surface area contributed by atoms with Gasteiger partial charge in [-0.05, 0) is 16.7 Å². The summed E-state index contributed by atoms with van der Waals surface area (Å²) in [5.74, 6) is 0. The molecule has 2 aliphatic rings. The van der Waals surface area contributed by atoms with Gasteiger partial charge in [-0.1, -0.05) is 91.0 Å². The molecule has 2 heterocycles. The highest BCUT2D eigenvalue weighted by Gasteiger charge is 2.56. The highest BCUT2D eigenvalue weighted by Crippen LogP contribution is 2.32. The molecule has 2 aliphatic heterocycles. The molecule has 0 saturated carbocycles. The monoisotopic (exact) mass is 548 g/mol. The number of nitrogens with zero attached hydrogens (tertiary/aromatic N) is 2. The second kappa shape index (κ2) is 14.5. The number of nitro groups is 1. The molecule has 212 valence electrons. The minimum Gasteiger partial charge on any atom is -0.379 e. The second-order valence-electron chi connectivity index (χ2n) is 10.0. The smallest absolute Gasteiger partial charge is 0.280 e. The number of morpholine rings is 1. The Kier molecular flexibility index (Phi) is 10.2. The van der Waals surface area contributed by atoms with Crippen molar-refractivity contribution in [1.82, 2.24) is 4.90 Å². The quantitative estimate of drug-likeness (QED) is 0.247. The van der Waals surface area contributed by atoms with Crippen LogP contribution in [0.25, 0.3) is 0 Å². The zero-order chi connectivity index (χ0) is 27.6. The maximum Gasteiger partial charge on any atom is 0.280 e. The predicted molar refractivity (Wildman–Crippen MR) is 148 cm³/mol. The SMILES string of the molecule is O=[N+]([O-])[C@@H]1[C@@H](OCc2ccccc2)[C@H](OCc2ccccc2)[C@@H](COCc2ccccc2)O[C@H]1N1CCOCC1. The topological polar surface area (TPSA) is 92.5 Å². The average Bonchev–Trinajstić information content (AvgIpc) is 3.01. The number of benzene rings is 3. The Labute approximate surface area is 234 Å². The van der Waals surface area contributed by atoms with Gasteiger partial charge in [-0.25, -0.2) is 0 Å². The molecule has 0 aromatic heterocycles. The van der Waals surface area contributed by atoms with E-state index in [-0.39, 0.29) is 24.7 Å². The van der Waals surface area contributed by atoms with Gasteiger partial charge >= 0.3 is 0 Å². The molecule has 0 unspecified atom stereocenters. The normalized spacial score (nSPS) is 25.4. The molecule has 0 N–H and O–H groups in total. The molecule has 0 radical (unpaired) electrons. The van der Waals surface area contributed by atoms with Crippen LogP contribution in [0, 0.1) is 10.1 Å². The maximum atomic E-state index is 12.7. The molecular formula is C31H36N2O7. The van der Waals surface area contributed by atoms with Crippen molar-refractivity contribution >= 4 is 0 Å². The molecule has 0 spiro atoms. The van der Waals surface area contributed by atoms with E-state index in [9.17, 15) is 10.1 Å². The van der Waals surface area contributed by atoms with Crippen molar-refractivity contribution in [3.63, 3.8) is 0 Å². The summed E-state index contributed by atoms with van der Waals surface area (Å²) >= 11 is 0. The lowest BCUT2D eigenvalue weighted by Gasteiger charge is -2.46.